The summed E-state index contributed by atoms with van der Waals surface area (Å²) in [6.07, 6.45) is 10.1. The molecule has 0 bridgehead atoms. The third-order valence-corrected chi connectivity index (χ3v) is 5.08. The maximum Gasteiger partial charge on any atom is 0.0223 e. The van der Waals surface area contributed by atoms with Crippen LogP contribution in [0.2, 0.25) is 0 Å². The van der Waals surface area contributed by atoms with Crippen LogP contribution in [0, 0.1) is 11.8 Å². The van der Waals surface area contributed by atoms with Crippen molar-refractivity contribution >= 4 is 0 Å². The summed E-state index contributed by atoms with van der Waals surface area (Å²) >= 11 is 0. The summed E-state index contributed by atoms with van der Waals surface area (Å²) in [5.41, 5.74) is 0. The highest BCUT2D eigenvalue weighted by molar-refractivity contribution is 4.93. The minimum atomic E-state index is 0.767. The number of fused-ring (bicyclic) bond motifs is 1. The Balaban J connectivity index is 1.86. The first-order chi connectivity index (χ1) is 9.22. The van der Waals surface area contributed by atoms with Gasteiger partial charge in [0.25, 0.3) is 0 Å². The van der Waals surface area contributed by atoms with Gasteiger partial charge >= 0.3 is 0 Å². The maximum absolute atomic E-state index is 3.70. The monoisotopic (exact) mass is 266 g/mol. The summed E-state index contributed by atoms with van der Waals surface area (Å²) in [6, 6.07) is 1.71. The number of hydrogen-bond acceptors (Lipinski definition) is 2. The van der Waals surface area contributed by atoms with E-state index >= 15 is 0 Å². The van der Waals surface area contributed by atoms with Crippen molar-refractivity contribution < 1.29 is 0 Å². The van der Waals surface area contributed by atoms with Gasteiger partial charge in [-0.2, -0.15) is 0 Å². The zero-order chi connectivity index (χ0) is 13.7. The molecule has 0 spiro atoms. The summed E-state index contributed by atoms with van der Waals surface area (Å²) in [4.78, 5) is 2.88. The Morgan fingerprint density at radius 3 is 2.63 bits per heavy atom. The highest BCUT2D eigenvalue weighted by atomic mass is 15.2. The summed E-state index contributed by atoms with van der Waals surface area (Å²) < 4.78 is 0. The lowest BCUT2D eigenvalue weighted by Gasteiger charge is -2.37. The molecule has 2 nitrogen and oxygen atoms in total. The van der Waals surface area contributed by atoms with E-state index in [0.717, 1.165) is 23.9 Å². The lowest BCUT2D eigenvalue weighted by atomic mass is 9.85. The predicted octanol–water partition coefficient (Wildman–Crippen LogP) is 3.67. The molecule has 2 heteroatoms. The van der Waals surface area contributed by atoms with Gasteiger partial charge in [-0.15, -0.1) is 0 Å². The van der Waals surface area contributed by atoms with Crippen molar-refractivity contribution in [2.24, 2.45) is 11.8 Å². The Morgan fingerprint density at radius 1 is 1.11 bits per heavy atom. The number of rotatable bonds is 7. The van der Waals surface area contributed by atoms with Crippen LogP contribution in [0.3, 0.4) is 0 Å². The molecule has 0 aromatic heterocycles. The average molecular weight is 266 g/mol. The molecule has 112 valence electrons. The SMILES string of the molecule is CCCC(CNCC(C)C)N1CCC2CCCCC21. The van der Waals surface area contributed by atoms with Crippen molar-refractivity contribution in [2.75, 3.05) is 19.6 Å². The van der Waals surface area contributed by atoms with Crippen LogP contribution in [0.15, 0.2) is 0 Å². The minimum absolute atomic E-state index is 0.767. The summed E-state index contributed by atoms with van der Waals surface area (Å²) in [5, 5.41) is 3.70. The molecular weight excluding hydrogens is 232 g/mol. The standard InChI is InChI=1S/C17H34N2/c1-4-7-16(13-18-12-14(2)3)19-11-10-15-8-5-6-9-17(15)19/h14-18H,4-13H2,1-3H3. The largest absolute Gasteiger partial charge is 0.315 e. The van der Waals surface area contributed by atoms with Gasteiger partial charge in [0.2, 0.25) is 0 Å². The Bertz CT molecular complexity index is 252. The van der Waals surface area contributed by atoms with Gasteiger partial charge in [0.1, 0.15) is 0 Å². The van der Waals surface area contributed by atoms with E-state index in [-0.39, 0.29) is 0 Å². The third-order valence-electron chi connectivity index (χ3n) is 5.08. The number of nitrogens with zero attached hydrogens (tertiary/aromatic N) is 1. The molecule has 3 unspecified atom stereocenters. The van der Waals surface area contributed by atoms with E-state index in [1.165, 1.54) is 64.6 Å². The molecule has 1 saturated heterocycles. The highest BCUT2D eigenvalue weighted by Crippen LogP contribution is 2.37. The second kappa shape index (κ2) is 7.64. The van der Waals surface area contributed by atoms with Gasteiger partial charge in [0, 0.05) is 18.6 Å². The smallest absolute Gasteiger partial charge is 0.0223 e. The fraction of sp³-hybridized carbons (Fsp3) is 1.00. The van der Waals surface area contributed by atoms with E-state index < -0.39 is 0 Å². The molecule has 1 aliphatic carbocycles. The van der Waals surface area contributed by atoms with Crippen LogP contribution in [0.4, 0.5) is 0 Å². The van der Waals surface area contributed by atoms with Crippen molar-refractivity contribution in [2.45, 2.75) is 77.8 Å². The number of nitrogens with one attached hydrogen (secondary N) is 1. The lowest BCUT2D eigenvalue weighted by molar-refractivity contribution is 0.123. The van der Waals surface area contributed by atoms with Crippen molar-refractivity contribution in [1.82, 2.24) is 10.2 Å². The van der Waals surface area contributed by atoms with Crippen LogP contribution in [0.1, 0.15) is 65.7 Å². The van der Waals surface area contributed by atoms with E-state index in [4.69, 9.17) is 0 Å². The molecule has 1 heterocycles. The zero-order valence-corrected chi connectivity index (χ0v) is 13.3. The molecule has 2 rings (SSSR count). The molecule has 19 heavy (non-hydrogen) atoms. The third kappa shape index (κ3) is 4.19. The van der Waals surface area contributed by atoms with Crippen LogP contribution in [0.25, 0.3) is 0 Å². The van der Waals surface area contributed by atoms with Crippen LogP contribution in [-0.4, -0.2) is 36.6 Å². The first-order valence-electron chi connectivity index (χ1n) is 8.68. The summed E-state index contributed by atoms with van der Waals surface area (Å²) in [7, 11) is 0. The zero-order valence-electron chi connectivity index (χ0n) is 13.3. The topological polar surface area (TPSA) is 15.3 Å². The van der Waals surface area contributed by atoms with Gasteiger partial charge in [0.05, 0.1) is 0 Å². The number of likely N-dealkylation sites (tertiary alicyclic amines) is 1. The molecule has 0 aromatic rings. The number of hydrogen-bond donors (Lipinski definition) is 1. The summed E-state index contributed by atoms with van der Waals surface area (Å²) in [6.45, 7) is 10.7. The highest BCUT2D eigenvalue weighted by Gasteiger charge is 2.38. The van der Waals surface area contributed by atoms with E-state index in [0.29, 0.717) is 0 Å². The van der Waals surface area contributed by atoms with Gasteiger partial charge in [-0.05, 0) is 50.6 Å². The van der Waals surface area contributed by atoms with Crippen LogP contribution >= 0.6 is 0 Å². The fourth-order valence-electron chi connectivity index (χ4n) is 4.15. The molecule has 3 atom stereocenters. The van der Waals surface area contributed by atoms with E-state index in [1.54, 1.807) is 0 Å². The van der Waals surface area contributed by atoms with Crippen molar-refractivity contribution in [3.8, 4) is 0 Å². The molecule has 1 aliphatic heterocycles. The Morgan fingerprint density at radius 2 is 1.89 bits per heavy atom. The Labute approximate surface area is 120 Å². The van der Waals surface area contributed by atoms with Crippen LogP contribution < -0.4 is 5.32 Å². The molecule has 1 saturated carbocycles. The Hall–Kier alpha value is -0.0800. The maximum atomic E-state index is 3.70. The van der Waals surface area contributed by atoms with Crippen LogP contribution in [-0.2, 0) is 0 Å². The van der Waals surface area contributed by atoms with Gasteiger partial charge in [0.15, 0.2) is 0 Å². The normalized spacial score (nSPS) is 29.7. The first-order valence-corrected chi connectivity index (χ1v) is 8.68. The molecule has 0 aromatic carbocycles. The van der Waals surface area contributed by atoms with E-state index in [2.05, 4.69) is 31.0 Å². The minimum Gasteiger partial charge on any atom is -0.315 e. The molecule has 2 fully saturated rings. The van der Waals surface area contributed by atoms with Crippen molar-refractivity contribution in [3.63, 3.8) is 0 Å². The van der Waals surface area contributed by atoms with Gasteiger partial charge in [-0.25, -0.2) is 0 Å². The lowest BCUT2D eigenvalue weighted by Crippen LogP contribution is -2.47. The van der Waals surface area contributed by atoms with E-state index in [9.17, 15) is 0 Å². The van der Waals surface area contributed by atoms with Crippen LogP contribution in [0.5, 0.6) is 0 Å². The first kappa shape index (κ1) is 15.3. The second-order valence-corrected chi connectivity index (χ2v) is 7.13. The predicted molar refractivity (Wildman–Crippen MR) is 83.5 cm³/mol. The van der Waals surface area contributed by atoms with Gasteiger partial charge in [-0.3, -0.25) is 4.90 Å². The average Bonchev–Trinajstić information content (AvgIpc) is 2.81. The molecule has 0 radical (unpaired) electrons. The molecule has 1 N–H and O–H groups in total. The summed E-state index contributed by atoms with van der Waals surface area (Å²) in [5.74, 6) is 1.79. The molecule has 2 aliphatic rings. The Kier molecular flexibility index (Phi) is 6.15. The van der Waals surface area contributed by atoms with Gasteiger partial charge < -0.3 is 5.32 Å². The molecule has 0 amide bonds. The van der Waals surface area contributed by atoms with Crippen molar-refractivity contribution in [3.05, 3.63) is 0 Å². The second-order valence-electron chi connectivity index (χ2n) is 7.13. The quantitative estimate of drug-likeness (QED) is 0.756. The van der Waals surface area contributed by atoms with E-state index in [1.807, 2.05) is 0 Å². The fourth-order valence-corrected chi connectivity index (χ4v) is 4.15. The van der Waals surface area contributed by atoms with Crippen molar-refractivity contribution in [1.29, 1.82) is 0 Å². The molecular formula is C17H34N2. The van der Waals surface area contributed by atoms with Gasteiger partial charge in [-0.1, -0.05) is 40.0 Å².